The van der Waals surface area contributed by atoms with E-state index < -0.39 is 0 Å². The van der Waals surface area contributed by atoms with Crippen LogP contribution in [0.3, 0.4) is 0 Å². The number of nitrogens with one attached hydrogen (secondary N) is 1. The van der Waals surface area contributed by atoms with Crippen LogP contribution < -0.4 is 5.32 Å². The fraction of sp³-hybridized carbons (Fsp3) is 0.182. The number of thiophene rings is 2. The van der Waals surface area contributed by atoms with Crippen molar-refractivity contribution in [1.82, 2.24) is 24.7 Å². The van der Waals surface area contributed by atoms with Crippen LogP contribution in [0.15, 0.2) is 53.2 Å². The highest BCUT2D eigenvalue weighted by molar-refractivity contribution is 7.17. The number of anilines is 1. The molecular formula is C22H18N6S2. The van der Waals surface area contributed by atoms with Gasteiger partial charge in [-0.3, -0.25) is 0 Å². The maximum atomic E-state index is 4.93. The van der Waals surface area contributed by atoms with Crippen molar-refractivity contribution in [1.29, 1.82) is 0 Å². The lowest BCUT2D eigenvalue weighted by Gasteiger charge is -2.10. The number of aromatic nitrogens is 5. The second-order valence-electron chi connectivity index (χ2n) is 7.21. The van der Waals surface area contributed by atoms with Gasteiger partial charge in [-0.25, -0.2) is 9.97 Å². The van der Waals surface area contributed by atoms with Gasteiger partial charge in [0.1, 0.15) is 16.5 Å². The molecule has 1 aliphatic rings. The van der Waals surface area contributed by atoms with Crippen molar-refractivity contribution in [3.8, 4) is 21.8 Å². The summed E-state index contributed by atoms with van der Waals surface area (Å²) < 4.78 is 2.22. The predicted molar refractivity (Wildman–Crippen MR) is 122 cm³/mol. The summed E-state index contributed by atoms with van der Waals surface area (Å²) in [6.07, 6.45) is 2.15. The Morgan fingerprint density at radius 2 is 1.93 bits per heavy atom. The first kappa shape index (κ1) is 17.7. The maximum Gasteiger partial charge on any atom is 0.173 e. The average Bonchev–Trinajstić information content (AvgIpc) is 3.57. The first-order valence-electron chi connectivity index (χ1n) is 9.90. The van der Waals surface area contributed by atoms with Gasteiger partial charge in [-0.15, -0.1) is 32.9 Å². The topological polar surface area (TPSA) is 68.5 Å². The number of rotatable bonds is 5. The molecule has 0 spiro atoms. The fourth-order valence-electron chi connectivity index (χ4n) is 3.92. The van der Waals surface area contributed by atoms with Gasteiger partial charge in [-0.1, -0.05) is 36.4 Å². The minimum Gasteiger partial charge on any atom is -0.362 e. The van der Waals surface area contributed by atoms with Crippen LogP contribution in [0.1, 0.15) is 18.1 Å². The predicted octanol–water partition coefficient (Wildman–Crippen LogP) is 5.24. The van der Waals surface area contributed by atoms with E-state index in [1.54, 1.807) is 22.7 Å². The van der Waals surface area contributed by atoms with Gasteiger partial charge in [0.25, 0.3) is 0 Å². The Morgan fingerprint density at radius 1 is 1.00 bits per heavy atom. The van der Waals surface area contributed by atoms with Crippen LogP contribution in [0, 0.1) is 0 Å². The molecule has 8 heteroatoms. The quantitative estimate of drug-likeness (QED) is 0.413. The van der Waals surface area contributed by atoms with Crippen LogP contribution in [-0.4, -0.2) is 24.7 Å². The second-order valence-corrected chi connectivity index (χ2v) is 9.02. The van der Waals surface area contributed by atoms with Crippen LogP contribution in [0.5, 0.6) is 0 Å². The van der Waals surface area contributed by atoms with E-state index in [2.05, 4.69) is 61.2 Å². The van der Waals surface area contributed by atoms with Crippen molar-refractivity contribution in [3.05, 3.63) is 64.9 Å². The Kier molecular flexibility index (Phi) is 4.32. The minimum absolute atomic E-state index is 0.590. The third kappa shape index (κ3) is 3.00. The SMILES string of the molecule is c1ccc(-c2csc3nc(-c4cccs4)nc(NCc4nnc5n4CCC5)c23)cc1. The number of hydrogen-bond acceptors (Lipinski definition) is 7. The molecule has 4 aromatic heterocycles. The molecule has 1 aromatic carbocycles. The lowest BCUT2D eigenvalue weighted by molar-refractivity contribution is 0.695. The van der Waals surface area contributed by atoms with E-state index in [9.17, 15) is 0 Å². The summed E-state index contributed by atoms with van der Waals surface area (Å²) in [6.45, 7) is 1.58. The van der Waals surface area contributed by atoms with E-state index in [0.717, 1.165) is 63.3 Å². The van der Waals surface area contributed by atoms with Crippen LogP contribution in [0.4, 0.5) is 5.82 Å². The molecule has 0 radical (unpaired) electrons. The molecule has 0 fully saturated rings. The van der Waals surface area contributed by atoms with Crippen molar-refractivity contribution in [3.63, 3.8) is 0 Å². The van der Waals surface area contributed by atoms with Gasteiger partial charge in [0.05, 0.1) is 16.8 Å². The van der Waals surface area contributed by atoms with Crippen LogP contribution >= 0.6 is 22.7 Å². The summed E-state index contributed by atoms with van der Waals surface area (Å²) in [5, 5.41) is 17.6. The smallest absolute Gasteiger partial charge is 0.173 e. The fourth-order valence-corrected chi connectivity index (χ4v) is 5.52. The number of aryl methyl sites for hydroxylation is 1. The molecule has 148 valence electrons. The highest BCUT2D eigenvalue weighted by atomic mass is 32.1. The Hall–Kier alpha value is -3.10. The lowest BCUT2D eigenvalue weighted by Crippen LogP contribution is -2.09. The van der Waals surface area contributed by atoms with E-state index in [-0.39, 0.29) is 0 Å². The molecular weight excluding hydrogens is 412 g/mol. The third-order valence-corrected chi connectivity index (χ3v) is 7.10. The molecule has 0 bridgehead atoms. The first-order chi connectivity index (χ1) is 14.9. The Balaban J connectivity index is 1.46. The zero-order valence-electron chi connectivity index (χ0n) is 16.1. The molecule has 5 aromatic rings. The monoisotopic (exact) mass is 430 g/mol. The number of fused-ring (bicyclic) bond motifs is 2. The molecule has 0 amide bonds. The minimum atomic E-state index is 0.590. The second kappa shape index (κ2) is 7.30. The van der Waals surface area contributed by atoms with Gasteiger partial charge in [0.2, 0.25) is 0 Å². The largest absolute Gasteiger partial charge is 0.362 e. The average molecular weight is 431 g/mol. The van der Waals surface area contributed by atoms with E-state index in [1.807, 2.05) is 12.1 Å². The molecule has 6 rings (SSSR count). The Morgan fingerprint density at radius 3 is 2.80 bits per heavy atom. The molecule has 1 aliphatic heterocycles. The number of benzene rings is 1. The zero-order chi connectivity index (χ0) is 19.9. The molecule has 0 saturated heterocycles. The molecule has 0 saturated carbocycles. The van der Waals surface area contributed by atoms with E-state index >= 15 is 0 Å². The van der Waals surface area contributed by atoms with Gasteiger partial charge in [-0.05, 0) is 23.4 Å². The third-order valence-electron chi connectivity index (χ3n) is 5.36. The zero-order valence-corrected chi connectivity index (χ0v) is 17.7. The summed E-state index contributed by atoms with van der Waals surface area (Å²) >= 11 is 3.31. The first-order valence-corrected chi connectivity index (χ1v) is 11.7. The Labute approximate surface area is 181 Å². The van der Waals surface area contributed by atoms with Crippen LogP contribution in [0.25, 0.3) is 32.0 Å². The summed E-state index contributed by atoms with van der Waals surface area (Å²) in [4.78, 5) is 11.9. The van der Waals surface area contributed by atoms with Gasteiger partial charge >= 0.3 is 0 Å². The van der Waals surface area contributed by atoms with Crippen molar-refractivity contribution >= 4 is 38.7 Å². The molecule has 6 nitrogen and oxygen atoms in total. The molecule has 5 heterocycles. The summed E-state index contributed by atoms with van der Waals surface area (Å²) in [5.74, 6) is 3.65. The summed E-state index contributed by atoms with van der Waals surface area (Å²) in [6, 6.07) is 14.5. The highest BCUT2D eigenvalue weighted by Gasteiger charge is 2.20. The van der Waals surface area contributed by atoms with Crippen molar-refractivity contribution in [2.75, 3.05) is 5.32 Å². The van der Waals surface area contributed by atoms with E-state index in [0.29, 0.717) is 6.54 Å². The highest BCUT2D eigenvalue weighted by Crippen LogP contribution is 2.38. The van der Waals surface area contributed by atoms with Gasteiger partial charge in [0.15, 0.2) is 11.6 Å². The van der Waals surface area contributed by atoms with Crippen molar-refractivity contribution in [2.24, 2.45) is 0 Å². The molecule has 0 unspecified atom stereocenters. The maximum absolute atomic E-state index is 4.93. The van der Waals surface area contributed by atoms with Crippen molar-refractivity contribution < 1.29 is 0 Å². The summed E-state index contributed by atoms with van der Waals surface area (Å²) in [5.41, 5.74) is 2.32. The molecule has 0 atom stereocenters. The Bertz CT molecular complexity index is 1320. The van der Waals surface area contributed by atoms with Crippen molar-refractivity contribution in [2.45, 2.75) is 25.9 Å². The number of nitrogens with zero attached hydrogens (tertiary/aromatic N) is 5. The normalized spacial score (nSPS) is 13.1. The van der Waals surface area contributed by atoms with Gasteiger partial charge in [0, 0.05) is 23.9 Å². The summed E-state index contributed by atoms with van der Waals surface area (Å²) in [7, 11) is 0. The van der Waals surface area contributed by atoms with E-state index in [1.165, 1.54) is 5.56 Å². The molecule has 30 heavy (non-hydrogen) atoms. The van der Waals surface area contributed by atoms with Crippen LogP contribution in [0.2, 0.25) is 0 Å². The van der Waals surface area contributed by atoms with Gasteiger partial charge < -0.3 is 9.88 Å². The van der Waals surface area contributed by atoms with E-state index in [4.69, 9.17) is 9.97 Å². The number of hydrogen-bond donors (Lipinski definition) is 1. The lowest BCUT2D eigenvalue weighted by atomic mass is 10.1. The van der Waals surface area contributed by atoms with Crippen LogP contribution in [-0.2, 0) is 19.5 Å². The molecule has 1 N–H and O–H groups in total. The standard InChI is InChI=1S/C22H18N6S2/c1-2-6-14(7-3-1)15-13-30-22-19(15)21(24-20(25-22)16-8-5-11-29-16)23-12-18-27-26-17-9-4-10-28(17)18/h1-3,5-8,11,13H,4,9-10,12H2,(H,23,24,25). The molecule has 0 aliphatic carbocycles. The van der Waals surface area contributed by atoms with Gasteiger partial charge in [-0.2, -0.15) is 0 Å².